The average molecular weight is 483 g/mol. The smallest absolute Gasteiger partial charge is 0.180 e. The number of aromatic nitrogens is 3. The highest BCUT2D eigenvalue weighted by Crippen LogP contribution is 2.38. The Labute approximate surface area is 199 Å². The molecule has 1 saturated heterocycles. The second-order valence-corrected chi connectivity index (χ2v) is 8.48. The van der Waals surface area contributed by atoms with Gasteiger partial charge in [0.1, 0.15) is 29.3 Å². The van der Waals surface area contributed by atoms with Crippen LogP contribution in [0.15, 0.2) is 67.0 Å². The molecule has 2 aromatic carbocycles. The van der Waals surface area contributed by atoms with E-state index in [0.717, 1.165) is 23.8 Å². The van der Waals surface area contributed by atoms with Crippen molar-refractivity contribution in [2.75, 3.05) is 16.8 Å². The maximum atomic E-state index is 14.5. The fourth-order valence-electron chi connectivity index (χ4n) is 4.15. The third-order valence-corrected chi connectivity index (χ3v) is 6.01. The molecule has 6 nitrogen and oxygen atoms in total. The van der Waals surface area contributed by atoms with Crippen molar-refractivity contribution in [3.63, 3.8) is 0 Å². The van der Waals surface area contributed by atoms with Gasteiger partial charge in [0.25, 0.3) is 0 Å². The Morgan fingerprint density at radius 2 is 1.94 bits per heavy atom. The highest BCUT2D eigenvalue weighted by atomic mass is 32.1. The second kappa shape index (κ2) is 9.30. The zero-order valence-corrected chi connectivity index (χ0v) is 18.8. The second-order valence-electron chi connectivity index (χ2n) is 8.07. The molecular weight excluding hydrogens is 461 g/mol. The van der Waals surface area contributed by atoms with Crippen molar-refractivity contribution in [1.82, 2.24) is 19.9 Å². The van der Waals surface area contributed by atoms with E-state index in [1.54, 1.807) is 27.9 Å². The highest BCUT2D eigenvalue weighted by Gasteiger charge is 2.36. The molecule has 2 N–H and O–H groups in total. The lowest BCUT2D eigenvalue weighted by Crippen LogP contribution is -2.28. The number of nitrogens with one attached hydrogen (secondary N) is 2. The summed E-state index contributed by atoms with van der Waals surface area (Å²) in [7, 11) is 0. The number of hydrogen-bond donors (Lipinski definition) is 2. The van der Waals surface area contributed by atoms with Crippen LogP contribution in [0.2, 0.25) is 0 Å². The van der Waals surface area contributed by atoms with Crippen LogP contribution in [0.4, 0.5) is 24.7 Å². The molecule has 0 amide bonds. The van der Waals surface area contributed by atoms with E-state index in [4.69, 9.17) is 12.2 Å². The summed E-state index contributed by atoms with van der Waals surface area (Å²) in [5.74, 6) is -0.706. The molecule has 0 saturated carbocycles. The van der Waals surface area contributed by atoms with Crippen molar-refractivity contribution in [3.05, 3.63) is 89.8 Å². The number of hydrogen-bond acceptors (Lipinski definition) is 4. The number of halogens is 3. The quantitative estimate of drug-likeness (QED) is 0.399. The summed E-state index contributed by atoms with van der Waals surface area (Å²) in [6.45, 7) is 0.578. The van der Waals surface area contributed by atoms with Crippen molar-refractivity contribution < 1.29 is 13.2 Å². The molecule has 0 bridgehead atoms. The van der Waals surface area contributed by atoms with Gasteiger partial charge in [-0.1, -0.05) is 30.3 Å². The Balaban J connectivity index is 1.38. The molecule has 0 unspecified atom stereocenters. The van der Waals surface area contributed by atoms with Gasteiger partial charge in [0.15, 0.2) is 10.8 Å². The first-order valence-electron chi connectivity index (χ1n) is 10.8. The van der Waals surface area contributed by atoms with Gasteiger partial charge in [-0.3, -0.25) is 0 Å². The lowest BCUT2D eigenvalue weighted by Gasteiger charge is -2.26. The standard InChI is InChI=1S/C24H21F3N6S/c25-16-6-7-19(27)18(10-16)21-11-17(26)14-32(21)22-8-9-33-23(31-22)20(13-29-33)30-24(34)28-12-15-4-2-1-3-5-15/h1-10,13,17,21H,11-12,14H2,(H2,28,30,34)/t17-,21+/m0/s1. The fraction of sp³-hybridized carbons (Fsp3) is 0.208. The van der Waals surface area contributed by atoms with E-state index in [1.807, 2.05) is 30.3 Å². The van der Waals surface area contributed by atoms with Crippen molar-refractivity contribution in [1.29, 1.82) is 0 Å². The molecule has 0 spiro atoms. The summed E-state index contributed by atoms with van der Waals surface area (Å²) in [4.78, 5) is 6.30. The predicted molar refractivity (Wildman–Crippen MR) is 128 cm³/mol. The molecule has 10 heteroatoms. The summed E-state index contributed by atoms with van der Waals surface area (Å²) in [6, 6.07) is 14.1. The van der Waals surface area contributed by atoms with E-state index in [-0.39, 0.29) is 18.5 Å². The zero-order chi connectivity index (χ0) is 23.7. The summed E-state index contributed by atoms with van der Waals surface area (Å²) >= 11 is 5.40. The van der Waals surface area contributed by atoms with Gasteiger partial charge in [0.05, 0.1) is 18.8 Å². The summed E-state index contributed by atoms with van der Waals surface area (Å²) in [5, 5.41) is 10.9. The molecule has 3 heterocycles. The first kappa shape index (κ1) is 22.1. The Hall–Kier alpha value is -3.66. The minimum absolute atomic E-state index is 0.0255. The Bertz CT molecular complexity index is 1330. The molecule has 1 aliphatic heterocycles. The largest absolute Gasteiger partial charge is 0.358 e. The predicted octanol–water partition coefficient (Wildman–Crippen LogP) is 4.78. The maximum Gasteiger partial charge on any atom is 0.180 e. The lowest BCUT2D eigenvalue weighted by atomic mass is 10.0. The first-order valence-corrected chi connectivity index (χ1v) is 11.2. The Kier molecular flexibility index (Phi) is 6.06. The van der Waals surface area contributed by atoms with Gasteiger partial charge in [-0.2, -0.15) is 5.10 Å². The number of thiocarbonyl (C=S) groups is 1. The maximum absolute atomic E-state index is 14.5. The molecule has 1 aliphatic rings. The molecule has 2 atom stereocenters. The van der Waals surface area contributed by atoms with Gasteiger partial charge in [-0.15, -0.1) is 0 Å². The molecule has 0 aliphatic carbocycles. The molecule has 0 radical (unpaired) electrons. The van der Waals surface area contributed by atoms with Crippen LogP contribution in [0, 0.1) is 11.6 Å². The molecule has 2 aromatic heterocycles. The van der Waals surface area contributed by atoms with Crippen LogP contribution in [0.25, 0.3) is 5.65 Å². The van der Waals surface area contributed by atoms with Crippen LogP contribution in [0.1, 0.15) is 23.6 Å². The van der Waals surface area contributed by atoms with Crippen molar-refractivity contribution in [2.45, 2.75) is 25.2 Å². The van der Waals surface area contributed by atoms with Gasteiger partial charge >= 0.3 is 0 Å². The number of anilines is 2. The van der Waals surface area contributed by atoms with E-state index in [9.17, 15) is 13.2 Å². The SMILES string of the molecule is Fc1ccc(F)c([C@H]2C[C@H](F)CN2c2ccn3ncc(NC(=S)NCc4ccccc4)c3n2)c1. The number of nitrogens with zero attached hydrogens (tertiary/aromatic N) is 4. The van der Waals surface area contributed by atoms with Crippen LogP contribution >= 0.6 is 12.2 Å². The normalized spacial score (nSPS) is 17.8. The fourth-order valence-corrected chi connectivity index (χ4v) is 4.34. The van der Waals surface area contributed by atoms with E-state index in [0.29, 0.717) is 28.8 Å². The average Bonchev–Trinajstić information content (AvgIpc) is 3.43. The van der Waals surface area contributed by atoms with Gasteiger partial charge in [-0.25, -0.2) is 22.7 Å². The monoisotopic (exact) mass is 482 g/mol. The highest BCUT2D eigenvalue weighted by molar-refractivity contribution is 7.80. The molecule has 5 rings (SSSR count). The van der Waals surface area contributed by atoms with E-state index >= 15 is 0 Å². The van der Waals surface area contributed by atoms with E-state index in [2.05, 4.69) is 20.7 Å². The Morgan fingerprint density at radius 1 is 1.12 bits per heavy atom. The van der Waals surface area contributed by atoms with Gasteiger partial charge in [0.2, 0.25) is 0 Å². The van der Waals surface area contributed by atoms with Crippen molar-refractivity contribution in [2.24, 2.45) is 0 Å². The molecule has 34 heavy (non-hydrogen) atoms. The number of alkyl halides is 1. The summed E-state index contributed by atoms with van der Waals surface area (Å²) in [6.07, 6.45) is 2.13. The zero-order valence-electron chi connectivity index (χ0n) is 18.0. The third kappa shape index (κ3) is 4.54. The topological polar surface area (TPSA) is 57.5 Å². The van der Waals surface area contributed by atoms with E-state index < -0.39 is 23.8 Å². The number of rotatable bonds is 5. The van der Waals surface area contributed by atoms with Crippen LogP contribution in [-0.4, -0.2) is 32.4 Å². The van der Waals surface area contributed by atoms with Crippen LogP contribution in [0.3, 0.4) is 0 Å². The van der Waals surface area contributed by atoms with E-state index in [1.165, 1.54) is 0 Å². The minimum atomic E-state index is -1.19. The summed E-state index contributed by atoms with van der Waals surface area (Å²) < 4.78 is 44.2. The first-order chi connectivity index (χ1) is 16.5. The van der Waals surface area contributed by atoms with Crippen LogP contribution in [-0.2, 0) is 6.54 Å². The van der Waals surface area contributed by atoms with Crippen LogP contribution in [0.5, 0.6) is 0 Å². The Morgan fingerprint density at radius 3 is 2.76 bits per heavy atom. The number of benzene rings is 2. The number of fused-ring (bicyclic) bond motifs is 1. The minimum Gasteiger partial charge on any atom is -0.358 e. The van der Waals surface area contributed by atoms with Gasteiger partial charge < -0.3 is 15.5 Å². The molecule has 174 valence electrons. The van der Waals surface area contributed by atoms with Gasteiger partial charge in [0, 0.05) is 24.7 Å². The van der Waals surface area contributed by atoms with Gasteiger partial charge in [-0.05, 0) is 42.0 Å². The van der Waals surface area contributed by atoms with Crippen molar-refractivity contribution in [3.8, 4) is 0 Å². The molecular formula is C24H21F3N6S. The summed E-state index contributed by atoms with van der Waals surface area (Å²) in [5.41, 5.74) is 2.23. The van der Waals surface area contributed by atoms with Crippen molar-refractivity contribution >= 4 is 34.5 Å². The third-order valence-electron chi connectivity index (χ3n) is 5.76. The molecule has 4 aromatic rings. The lowest BCUT2D eigenvalue weighted by molar-refractivity contribution is 0.355. The molecule has 1 fully saturated rings. The van der Waals surface area contributed by atoms with Crippen LogP contribution < -0.4 is 15.5 Å².